The second kappa shape index (κ2) is 7.19. The number of likely N-dealkylation sites (tertiary alicyclic amines) is 1. The van der Waals surface area contributed by atoms with Gasteiger partial charge in [-0.25, -0.2) is 4.98 Å². The highest BCUT2D eigenvalue weighted by Crippen LogP contribution is 2.35. The first-order valence-electron chi connectivity index (χ1n) is 8.68. The Morgan fingerprint density at radius 1 is 1.48 bits per heavy atom. The van der Waals surface area contributed by atoms with E-state index in [0.717, 1.165) is 38.9 Å². The summed E-state index contributed by atoms with van der Waals surface area (Å²) in [6.07, 6.45) is 7.35. The van der Waals surface area contributed by atoms with Crippen LogP contribution in [0.4, 0.5) is 0 Å². The van der Waals surface area contributed by atoms with Crippen LogP contribution in [0.3, 0.4) is 0 Å². The van der Waals surface area contributed by atoms with Crippen molar-refractivity contribution in [3.63, 3.8) is 0 Å². The quantitative estimate of drug-likeness (QED) is 0.906. The third kappa shape index (κ3) is 3.89. The number of hydrogen-bond acceptors (Lipinski definition) is 6. The maximum Gasteiger partial charge on any atom is 0.271 e. The van der Waals surface area contributed by atoms with Crippen LogP contribution < -0.4 is 5.32 Å². The van der Waals surface area contributed by atoms with Crippen molar-refractivity contribution in [2.24, 2.45) is 0 Å². The first-order chi connectivity index (χ1) is 12.2. The molecular formula is C18H22N4O2S. The first-order valence-corrected chi connectivity index (χ1v) is 9.56. The molecule has 1 N–H and O–H groups in total. The maximum atomic E-state index is 12.3. The van der Waals surface area contributed by atoms with Gasteiger partial charge in [0, 0.05) is 49.6 Å². The number of carbonyl (C=O) groups excluding carboxylic acids is 1. The fourth-order valence-electron chi connectivity index (χ4n) is 3.80. The number of rotatable bonds is 4. The lowest BCUT2D eigenvalue weighted by Crippen LogP contribution is -2.50. The van der Waals surface area contributed by atoms with E-state index >= 15 is 0 Å². The summed E-state index contributed by atoms with van der Waals surface area (Å²) in [5.41, 5.74) is 0.240. The van der Waals surface area contributed by atoms with E-state index < -0.39 is 0 Å². The monoisotopic (exact) mass is 358 g/mol. The van der Waals surface area contributed by atoms with Crippen LogP contribution in [-0.2, 0) is 11.3 Å². The molecule has 2 aliphatic heterocycles. The van der Waals surface area contributed by atoms with E-state index in [4.69, 9.17) is 4.74 Å². The molecule has 2 atom stereocenters. The van der Waals surface area contributed by atoms with E-state index in [9.17, 15) is 4.79 Å². The van der Waals surface area contributed by atoms with Crippen LogP contribution in [-0.4, -0.2) is 52.1 Å². The van der Waals surface area contributed by atoms with Gasteiger partial charge in [-0.2, -0.15) is 0 Å². The minimum atomic E-state index is -0.149. The van der Waals surface area contributed by atoms with Crippen LogP contribution in [0.15, 0.2) is 36.1 Å². The van der Waals surface area contributed by atoms with Gasteiger partial charge in [0.05, 0.1) is 11.8 Å². The molecule has 6 nitrogen and oxygen atoms in total. The van der Waals surface area contributed by atoms with Crippen molar-refractivity contribution in [1.82, 2.24) is 20.2 Å². The second-order valence-corrected chi connectivity index (χ2v) is 7.86. The molecule has 4 rings (SSSR count). The number of thiophene rings is 1. The third-order valence-electron chi connectivity index (χ3n) is 4.98. The molecule has 2 fully saturated rings. The number of carbonyl (C=O) groups is 1. The Hall–Kier alpha value is -1.83. The Kier molecular flexibility index (Phi) is 4.78. The average Bonchev–Trinajstić information content (AvgIpc) is 3.27. The van der Waals surface area contributed by atoms with Crippen molar-refractivity contribution in [3.05, 3.63) is 46.7 Å². The molecule has 25 heavy (non-hydrogen) atoms. The van der Waals surface area contributed by atoms with E-state index in [1.54, 1.807) is 23.7 Å². The highest BCUT2D eigenvalue weighted by atomic mass is 32.1. The summed E-state index contributed by atoms with van der Waals surface area (Å²) in [5.74, 6) is -0.149. The number of nitrogens with one attached hydrogen (secondary N) is 1. The van der Waals surface area contributed by atoms with Crippen LogP contribution in [0, 0.1) is 0 Å². The van der Waals surface area contributed by atoms with E-state index in [2.05, 4.69) is 37.7 Å². The van der Waals surface area contributed by atoms with Crippen molar-refractivity contribution >= 4 is 17.2 Å². The van der Waals surface area contributed by atoms with E-state index in [1.807, 2.05) is 0 Å². The van der Waals surface area contributed by atoms with Gasteiger partial charge in [0.1, 0.15) is 5.69 Å². The van der Waals surface area contributed by atoms with Gasteiger partial charge in [0.15, 0.2) is 0 Å². The standard InChI is InChI=1S/C18H22N4O2S/c23-17(16-11-19-5-6-20-16)21-14-3-8-24-18(10-14)4-7-22(13-18)12-15-2-1-9-25-15/h1-2,5-6,9,11,14H,3-4,7-8,10,12-13H2,(H,21,23)/t14-,18-/m1/s1. The molecule has 2 aromatic rings. The number of nitrogens with zero attached hydrogens (tertiary/aromatic N) is 3. The zero-order valence-electron chi connectivity index (χ0n) is 14.1. The molecule has 0 unspecified atom stereocenters. The van der Waals surface area contributed by atoms with E-state index in [-0.39, 0.29) is 17.6 Å². The Morgan fingerprint density at radius 2 is 2.44 bits per heavy atom. The number of aromatic nitrogens is 2. The number of hydrogen-bond donors (Lipinski definition) is 1. The molecule has 2 saturated heterocycles. The summed E-state index contributed by atoms with van der Waals surface area (Å²) < 4.78 is 6.18. The molecule has 0 aliphatic carbocycles. The molecule has 2 aromatic heterocycles. The van der Waals surface area contributed by atoms with Crippen molar-refractivity contribution < 1.29 is 9.53 Å². The smallest absolute Gasteiger partial charge is 0.271 e. The lowest BCUT2D eigenvalue weighted by atomic mass is 9.89. The first kappa shape index (κ1) is 16.6. The predicted octanol–water partition coefficient (Wildman–Crippen LogP) is 2.09. The van der Waals surface area contributed by atoms with Crippen LogP contribution >= 0.6 is 11.3 Å². The summed E-state index contributed by atoms with van der Waals surface area (Å²) >= 11 is 1.80. The second-order valence-electron chi connectivity index (χ2n) is 6.83. The molecule has 132 valence electrons. The molecule has 1 amide bonds. The lowest BCUT2D eigenvalue weighted by Gasteiger charge is -2.38. The van der Waals surface area contributed by atoms with Crippen LogP contribution in [0.2, 0.25) is 0 Å². The minimum absolute atomic E-state index is 0.129. The van der Waals surface area contributed by atoms with Crippen molar-refractivity contribution in [3.8, 4) is 0 Å². The molecule has 0 saturated carbocycles. The number of amides is 1. The fourth-order valence-corrected chi connectivity index (χ4v) is 4.54. The molecule has 2 aliphatic rings. The van der Waals surface area contributed by atoms with Gasteiger partial charge in [-0.15, -0.1) is 11.3 Å². The van der Waals surface area contributed by atoms with E-state index in [0.29, 0.717) is 12.3 Å². The van der Waals surface area contributed by atoms with Crippen LogP contribution in [0.25, 0.3) is 0 Å². The molecule has 0 aromatic carbocycles. The Labute approximate surface area is 151 Å². The highest BCUT2D eigenvalue weighted by Gasteiger charge is 2.43. The minimum Gasteiger partial charge on any atom is -0.373 e. The zero-order chi connectivity index (χ0) is 17.1. The van der Waals surface area contributed by atoms with Gasteiger partial charge in [-0.3, -0.25) is 14.7 Å². The predicted molar refractivity (Wildman–Crippen MR) is 95.4 cm³/mol. The van der Waals surface area contributed by atoms with Gasteiger partial charge in [0.2, 0.25) is 0 Å². The summed E-state index contributed by atoms with van der Waals surface area (Å²) in [6.45, 7) is 3.66. The SMILES string of the molecule is O=C(N[C@@H]1CCO[C@]2(CCN(Cc3cccs3)C2)C1)c1cnccn1. The Balaban J connectivity index is 1.35. The van der Waals surface area contributed by atoms with Gasteiger partial charge in [0.25, 0.3) is 5.91 Å². The molecule has 0 radical (unpaired) electrons. The van der Waals surface area contributed by atoms with Crippen molar-refractivity contribution in [2.75, 3.05) is 19.7 Å². The summed E-state index contributed by atoms with van der Waals surface area (Å²) in [5, 5.41) is 5.23. The largest absolute Gasteiger partial charge is 0.373 e. The third-order valence-corrected chi connectivity index (χ3v) is 5.84. The highest BCUT2D eigenvalue weighted by molar-refractivity contribution is 7.09. The lowest BCUT2D eigenvalue weighted by molar-refractivity contribution is -0.0792. The number of ether oxygens (including phenoxy) is 1. The van der Waals surface area contributed by atoms with Crippen LogP contribution in [0.1, 0.15) is 34.6 Å². The normalized spacial score (nSPS) is 26.8. The maximum absolute atomic E-state index is 12.3. The van der Waals surface area contributed by atoms with Crippen LogP contribution in [0.5, 0.6) is 0 Å². The van der Waals surface area contributed by atoms with Gasteiger partial charge in [-0.05, 0) is 30.7 Å². The molecule has 0 bridgehead atoms. The van der Waals surface area contributed by atoms with Gasteiger partial charge < -0.3 is 10.1 Å². The topological polar surface area (TPSA) is 67.3 Å². The summed E-state index contributed by atoms with van der Waals surface area (Å²) in [6, 6.07) is 4.41. The van der Waals surface area contributed by atoms with Gasteiger partial charge >= 0.3 is 0 Å². The molecular weight excluding hydrogens is 336 g/mol. The van der Waals surface area contributed by atoms with E-state index in [1.165, 1.54) is 11.1 Å². The molecule has 1 spiro atoms. The van der Waals surface area contributed by atoms with Gasteiger partial charge in [-0.1, -0.05) is 6.07 Å². The molecule has 4 heterocycles. The zero-order valence-corrected chi connectivity index (χ0v) is 14.9. The fraction of sp³-hybridized carbons (Fsp3) is 0.500. The Morgan fingerprint density at radius 3 is 3.24 bits per heavy atom. The average molecular weight is 358 g/mol. The summed E-state index contributed by atoms with van der Waals surface area (Å²) in [4.78, 5) is 24.2. The Bertz CT molecular complexity index is 709. The van der Waals surface area contributed by atoms with Crippen molar-refractivity contribution in [2.45, 2.75) is 37.5 Å². The van der Waals surface area contributed by atoms with Crippen molar-refractivity contribution in [1.29, 1.82) is 0 Å². The summed E-state index contributed by atoms with van der Waals surface area (Å²) in [7, 11) is 0. The molecule has 7 heteroatoms.